The van der Waals surface area contributed by atoms with Crippen molar-refractivity contribution < 1.29 is 4.79 Å². The molecule has 0 aromatic carbocycles. The largest absolute Gasteiger partial charge is 0.353 e. The summed E-state index contributed by atoms with van der Waals surface area (Å²) < 4.78 is 1.98. The van der Waals surface area contributed by atoms with Crippen LogP contribution >= 0.6 is 0 Å². The van der Waals surface area contributed by atoms with Gasteiger partial charge < -0.3 is 5.32 Å². The topological polar surface area (TPSA) is 75.9 Å². The number of piperidine rings is 1. The van der Waals surface area contributed by atoms with Crippen LogP contribution in [0.25, 0.3) is 0 Å². The number of carbonyl (C=O) groups excluding carboxylic acids is 1. The molecular formula is C14H24N6O. The second kappa shape index (κ2) is 6.09. The van der Waals surface area contributed by atoms with Gasteiger partial charge in [0.25, 0.3) is 0 Å². The van der Waals surface area contributed by atoms with E-state index in [-0.39, 0.29) is 11.8 Å². The SMILES string of the molecule is CC(C)C(=O)NC1CCN(Cc2nnnn2C2CC2)CC1. The van der Waals surface area contributed by atoms with E-state index in [0.29, 0.717) is 12.1 Å². The fourth-order valence-electron chi connectivity index (χ4n) is 2.72. The Morgan fingerprint density at radius 3 is 2.62 bits per heavy atom. The minimum Gasteiger partial charge on any atom is -0.353 e. The average molecular weight is 292 g/mol. The Bertz CT molecular complexity index is 487. The zero-order valence-electron chi connectivity index (χ0n) is 12.8. The molecule has 1 aromatic heterocycles. The highest BCUT2D eigenvalue weighted by Gasteiger charge is 2.29. The van der Waals surface area contributed by atoms with Crippen molar-refractivity contribution in [3.63, 3.8) is 0 Å². The molecule has 0 atom stereocenters. The van der Waals surface area contributed by atoms with Gasteiger partial charge in [-0.05, 0) is 36.1 Å². The predicted molar refractivity (Wildman–Crippen MR) is 77.4 cm³/mol. The first-order valence-electron chi connectivity index (χ1n) is 7.93. The van der Waals surface area contributed by atoms with E-state index in [1.165, 1.54) is 12.8 Å². The van der Waals surface area contributed by atoms with Crippen LogP contribution in [-0.2, 0) is 11.3 Å². The minimum absolute atomic E-state index is 0.0613. The number of carbonyl (C=O) groups is 1. The number of amides is 1. The van der Waals surface area contributed by atoms with Crippen LogP contribution in [0.15, 0.2) is 0 Å². The van der Waals surface area contributed by atoms with Crippen LogP contribution in [0.1, 0.15) is 51.4 Å². The zero-order chi connectivity index (χ0) is 14.8. The molecule has 1 saturated carbocycles. The standard InChI is InChI=1S/C14H24N6O/c1-10(2)14(21)15-11-5-7-19(8-6-11)9-13-16-17-18-20(13)12-3-4-12/h10-12H,3-9H2,1-2H3,(H,15,21). The quantitative estimate of drug-likeness (QED) is 0.866. The molecule has 1 amide bonds. The van der Waals surface area contributed by atoms with Gasteiger partial charge in [0.2, 0.25) is 5.91 Å². The van der Waals surface area contributed by atoms with Crippen LogP contribution in [0.5, 0.6) is 0 Å². The van der Waals surface area contributed by atoms with Crippen molar-refractivity contribution in [2.24, 2.45) is 5.92 Å². The van der Waals surface area contributed by atoms with Crippen LogP contribution in [-0.4, -0.2) is 50.1 Å². The van der Waals surface area contributed by atoms with Crippen LogP contribution < -0.4 is 5.32 Å². The van der Waals surface area contributed by atoms with Crippen molar-refractivity contribution in [2.45, 2.75) is 58.2 Å². The molecule has 7 nitrogen and oxygen atoms in total. The van der Waals surface area contributed by atoms with E-state index in [2.05, 4.69) is 25.7 Å². The third kappa shape index (κ3) is 3.58. The zero-order valence-corrected chi connectivity index (χ0v) is 12.8. The van der Waals surface area contributed by atoms with Gasteiger partial charge in [0.1, 0.15) is 0 Å². The number of hydrogen-bond donors (Lipinski definition) is 1. The van der Waals surface area contributed by atoms with Crippen molar-refractivity contribution in [1.82, 2.24) is 30.4 Å². The van der Waals surface area contributed by atoms with Crippen LogP contribution in [0, 0.1) is 5.92 Å². The van der Waals surface area contributed by atoms with Crippen molar-refractivity contribution in [3.05, 3.63) is 5.82 Å². The Morgan fingerprint density at radius 1 is 1.29 bits per heavy atom. The lowest BCUT2D eigenvalue weighted by Gasteiger charge is -2.32. The first kappa shape index (κ1) is 14.4. The van der Waals surface area contributed by atoms with E-state index >= 15 is 0 Å². The highest BCUT2D eigenvalue weighted by Crippen LogP contribution is 2.34. The summed E-state index contributed by atoms with van der Waals surface area (Å²) in [5.41, 5.74) is 0. The summed E-state index contributed by atoms with van der Waals surface area (Å²) in [4.78, 5) is 14.1. The molecule has 7 heteroatoms. The maximum Gasteiger partial charge on any atom is 0.222 e. The van der Waals surface area contributed by atoms with E-state index in [4.69, 9.17) is 0 Å². The normalized spacial score (nSPS) is 20.9. The van der Waals surface area contributed by atoms with E-state index in [0.717, 1.165) is 38.3 Å². The molecule has 3 rings (SSSR count). The van der Waals surface area contributed by atoms with Crippen LogP contribution in [0.3, 0.4) is 0 Å². The third-order valence-electron chi connectivity index (χ3n) is 4.28. The van der Waals surface area contributed by atoms with Crippen molar-refractivity contribution >= 4 is 5.91 Å². The number of nitrogens with zero attached hydrogens (tertiary/aromatic N) is 5. The summed E-state index contributed by atoms with van der Waals surface area (Å²) >= 11 is 0. The maximum absolute atomic E-state index is 11.7. The number of nitrogens with one attached hydrogen (secondary N) is 1. The Balaban J connectivity index is 1.47. The molecule has 1 N–H and O–H groups in total. The van der Waals surface area contributed by atoms with Gasteiger partial charge in [-0.15, -0.1) is 5.10 Å². The monoisotopic (exact) mass is 292 g/mol. The number of hydrogen-bond acceptors (Lipinski definition) is 5. The lowest BCUT2D eigenvalue weighted by molar-refractivity contribution is -0.125. The van der Waals surface area contributed by atoms with Gasteiger partial charge in [0.15, 0.2) is 5.82 Å². The lowest BCUT2D eigenvalue weighted by atomic mass is 10.0. The second-order valence-electron chi connectivity index (χ2n) is 6.48. The van der Waals surface area contributed by atoms with E-state index in [9.17, 15) is 4.79 Å². The number of tetrazole rings is 1. The number of rotatable bonds is 5. The molecular weight excluding hydrogens is 268 g/mol. The summed E-state index contributed by atoms with van der Waals surface area (Å²) in [7, 11) is 0. The predicted octanol–water partition coefficient (Wildman–Crippen LogP) is 0.745. The van der Waals surface area contributed by atoms with Crippen molar-refractivity contribution in [3.8, 4) is 0 Å². The van der Waals surface area contributed by atoms with E-state index < -0.39 is 0 Å². The van der Waals surface area contributed by atoms with Gasteiger partial charge in [-0.25, -0.2) is 4.68 Å². The summed E-state index contributed by atoms with van der Waals surface area (Å²) in [6, 6.07) is 0.841. The van der Waals surface area contributed by atoms with Crippen molar-refractivity contribution in [2.75, 3.05) is 13.1 Å². The molecule has 0 spiro atoms. The molecule has 1 aliphatic carbocycles. The molecule has 0 radical (unpaired) electrons. The fourth-order valence-corrected chi connectivity index (χ4v) is 2.72. The maximum atomic E-state index is 11.7. The highest BCUT2D eigenvalue weighted by molar-refractivity contribution is 5.78. The molecule has 116 valence electrons. The molecule has 1 aromatic rings. The summed E-state index contributed by atoms with van der Waals surface area (Å²) in [6.45, 7) is 6.65. The molecule has 1 aliphatic heterocycles. The van der Waals surface area contributed by atoms with Gasteiger partial charge in [-0.1, -0.05) is 13.8 Å². The third-order valence-corrected chi connectivity index (χ3v) is 4.28. The van der Waals surface area contributed by atoms with Gasteiger partial charge in [0.05, 0.1) is 12.6 Å². The molecule has 0 unspecified atom stereocenters. The smallest absolute Gasteiger partial charge is 0.222 e. The Hall–Kier alpha value is -1.50. The van der Waals surface area contributed by atoms with Crippen molar-refractivity contribution in [1.29, 1.82) is 0 Å². The molecule has 21 heavy (non-hydrogen) atoms. The second-order valence-corrected chi connectivity index (χ2v) is 6.48. The minimum atomic E-state index is 0.0613. The Labute approximate surface area is 125 Å². The van der Waals surface area contributed by atoms with Gasteiger partial charge in [-0.2, -0.15) is 0 Å². The molecule has 2 fully saturated rings. The first-order valence-corrected chi connectivity index (χ1v) is 7.93. The van der Waals surface area contributed by atoms with Crippen LogP contribution in [0.2, 0.25) is 0 Å². The molecule has 1 saturated heterocycles. The highest BCUT2D eigenvalue weighted by atomic mass is 16.1. The average Bonchev–Trinajstić information content (AvgIpc) is 3.21. The number of aromatic nitrogens is 4. The summed E-state index contributed by atoms with van der Waals surface area (Å²) in [5.74, 6) is 1.19. The van der Waals surface area contributed by atoms with E-state index in [1.54, 1.807) is 0 Å². The Kier molecular flexibility index (Phi) is 4.19. The first-order chi connectivity index (χ1) is 10.1. The summed E-state index contributed by atoms with van der Waals surface area (Å²) in [6.07, 6.45) is 4.40. The molecule has 2 heterocycles. The molecule has 2 aliphatic rings. The van der Waals surface area contributed by atoms with Crippen LogP contribution in [0.4, 0.5) is 0 Å². The molecule has 0 bridgehead atoms. The fraction of sp³-hybridized carbons (Fsp3) is 0.857. The summed E-state index contributed by atoms with van der Waals surface area (Å²) in [5, 5.41) is 15.2. The number of likely N-dealkylation sites (tertiary alicyclic amines) is 1. The van der Waals surface area contributed by atoms with Gasteiger partial charge in [0, 0.05) is 25.0 Å². The van der Waals surface area contributed by atoms with Gasteiger partial charge in [-0.3, -0.25) is 9.69 Å². The lowest BCUT2D eigenvalue weighted by Crippen LogP contribution is -2.45. The van der Waals surface area contributed by atoms with E-state index in [1.807, 2.05) is 18.5 Å². The Morgan fingerprint density at radius 2 is 2.00 bits per heavy atom. The van der Waals surface area contributed by atoms with Gasteiger partial charge >= 0.3 is 0 Å².